The van der Waals surface area contributed by atoms with Gasteiger partial charge >= 0.3 is 0 Å². The molecular weight excluding hydrogens is 240 g/mol. The number of aromatic nitrogens is 2. The highest BCUT2D eigenvalue weighted by Gasteiger charge is 2.06. The van der Waals surface area contributed by atoms with Crippen molar-refractivity contribution in [3.63, 3.8) is 0 Å². The molecule has 1 aromatic carbocycles. The van der Waals surface area contributed by atoms with Crippen molar-refractivity contribution < 1.29 is 9.53 Å². The van der Waals surface area contributed by atoms with Crippen LogP contribution in [0.2, 0.25) is 0 Å². The van der Waals surface area contributed by atoms with Crippen LogP contribution in [-0.4, -0.2) is 21.9 Å². The fourth-order valence-corrected chi connectivity index (χ4v) is 1.81. The van der Waals surface area contributed by atoms with E-state index in [4.69, 9.17) is 4.74 Å². The Morgan fingerprint density at radius 1 is 1.26 bits per heavy atom. The van der Waals surface area contributed by atoms with Crippen molar-refractivity contribution in [2.45, 2.75) is 19.3 Å². The quantitative estimate of drug-likeness (QED) is 0.766. The monoisotopic (exact) mass is 258 g/mol. The molecule has 0 aliphatic heterocycles. The molecule has 0 radical (unpaired) electrons. The lowest BCUT2D eigenvalue weighted by molar-refractivity contribution is -0.119. The summed E-state index contributed by atoms with van der Waals surface area (Å²) in [5.41, 5.74) is 0. The van der Waals surface area contributed by atoms with E-state index in [-0.39, 0.29) is 5.78 Å². The molecule has 0 spiro atoms. The Bertz CT molecular complexity index is 520. The fourth-order valence-electron chi connectivity index (χ4n) is 1.81. The van der Waals surface area contributed by atoms with Gasteiger partial charge in [0.2, 0.25) is 0 Å². The van der Waals surface area contributed by atoms with Crippen LogP contribution in [0.15, 0.2) is 42.7 Å². The molecular formula is C15H18N2O2. The largest absolute Gasteiger partial charge is 0.493 e. The van der Waals surface area contributed by atoms with E-state index >= 15 is 0 Å². The van der Waals surface area contributed by atoms with Gasteiger partial charge in [0.05, 0.1) is 6.61 Å². The number of imidazole rings is 1. The van der Waals surface area contributed by atoms with E-state index < -0.39 is 0 Å². The first-order valence-electron chi connectivity index (χ1n) is 6.41. The molecule has 4 nitrogen and oxygen atoms in total. The highest BCUT2D eigenvalue weighted by atomic mass is 16.5. The summed E-state index contributed by atoms with van der Waals surface area (Å²) in [6.45, 7) is 0.434. The van der Waals surface area contributed by atoms with E-state index in [9.17, 15) is 4.79 Å². The molecule has 0 aliphatic carbocycles. The summed E-state index contributed by atoms with van der Waals surface area (Å²) in [5.74, 6) is 1.95. The summed E-state index contributed by atoms with van der Waals surface area (Å²) in [7, 11) is 1.94. The summed E-state index contributed by atoms with van der Waals surface area (Å²) < 4.78 is 7.43. The standard InChI is InChI=1S/C15H18N2O2/c1-17-11-10-16-15(17)8-7-13(18)9-12-19-14-5-3-2-4-6-14/h2-6,10-11H,7-9,12H2,1H3. The Hall–Kier alpha value is -2.10. The van der Waals surface area contributed by atoms with Gasteiger partial charge in [-0.3, -0.25) is 4.79 Å². The second-order valence-corrected chi connectivity index (χ2v) is 4.40. The van der Waals surface area contributed by atoms with E-state index in [0.29, 0.717) is 25.9 Å². The number of carbonyl (C=O) groups excluding carboxylic acids is 1. The minimum atomic E-state index is 0.207. The summed E-state index contributed by atoms with van der Waals surface area (Å²) in [5, 5.41) is 0. The van der Waals surface area contributed by atoms with E-state index in [1.807, 2.05) is 48.1 Å². The lowest BCUT2D eigenvalue weighted by Gasteiger charge is -2.05. The molecule has 0 amide bonds. The summed E-state index contributed by atoms with van der Waals surface area (Å²) in [6, 6.07) is 9.54. The SMILES string of the molecule is Cn1ccnc1CCC(=O)CCOc1ccccc1. The molecule has 19 heavy (non-hydrogen) atoms. The van der Waals surface area contributed by atoms with Crippen molar-refractivity contribution in [3.05, 3.63) is 48.5 Å². The molecule has 100 valence electrons. The smallest absolute Gasteiger partial charge is 0.136 e. The summed E-state index contributed by atoms with van der Waals surface area (Å²) in [4.78, 5) is 15.9. The zero-order valence-corrected chi connectivity index (χ0v) is 11.1. The lowest BCUT2D eigenvalue weighted by Crippen LogP contribution is -2.08. The van der Waals surface area contributed by atoms with Gasteiger partial charge in [0.15, 0.2) is 0 Å². The molecule has 0 bridgehead atoms. The van der Waals surface area contributed by atoms with E-state index in [1.165, 1.54) is 0 Å². The first-order chi connectivity index (χ1) is 9.25. The Morgan fingerprint density at radius 3 is 2.74 bits per heavy atom. The Balaban J connectivity index is 1.66. The average Bonchev–Trinajstić information content (AvgIpc) is 2.83. The van der Waals surface area contributed by atoms with E-state index in [1.54, 1.807) is 6.20 Å². The first kappa shape index (κ1) is 13.3. The van der Waals surface area contributed by atoms with Crippen LogP contribution in [0.1, 0.15) is 18.7 Å². The van der Waals surface area contributed by atoms with Crippen molar-refractivity contribution in [2.24, 2.45) is 7.05 Å². The normalized spacial score (nSPS) is 10.4. The molecule has 0 unspecified atom stereocenters. The van der Waals surface area contributed by atoms with Crippen LogP contribution < -0.4 is 4.74 Å². The van der Waals surface area contributed by atoms with Crippen molar-refractivity contribution in [2.75, 3.05) is 6.61 Å². The fraction of sp³-hybridized carbons (Fsp3) is 0.333. The van der Waals surface area contributed by atoms with Crippen molar-refractivity contribution in [3.8, 4) is 5.75 Å². The molecule has 0 fully saturated rings. The second kappa shape index (κ2) is 6.73. The second-order valence-electron chi connectivity index (χ2n) is 4.40. The average molecular weight is 258 g/mol. The molecule has 0 N–H and O–H groups in total. The van der Waals surface area contributed by atoms with Gasteiger partial charge in [-0.2, -0.15) is 0 Å². The van der Waals surface area contributed by atoms with Gasteiger partial charge in [0.1, 0.15) is 17.4 Å². The molecule has 0 saturated carbocycles. The number of nitrogens with zero attached hydrogens (tertiary/aromatic N) is 2. The lowest BCUT2D eigenvalue weighted by atomic mass is 10.1. The first-order valence-corrected chi connectivity index (χ1v) is 6.41. The number of benzene rings is 1. The van der Waals surface area contributed by atoms with Gasteiger partial charge in [0.25, 0.3) is 0 Å². The highest BCUT2D eigenvalue weighted by Crippen LogP contribution is 2.09. The van der Waals surface area contributed by atoms with Crippen LogP contribution in [0, 0.1) is 0 Å². The highest BCUT2D eigenvalue weighted by molar-refractivity contribution is 5.78. The van der Waals surface area contributed by atoms with Gasteiger partial charge in [-0.15, -0.1) is 0 Å². The zero-order valence-electron chi connectivity index (χ0n) is 11.1. The molecule has 4 heteroatoms. The van der Waals surface area contributed by atoms with Crippen molar-refractivity contribution in [1.29, 1.82) is 0 Å². The summed E-state index contributed by atoms with van der Waals surface area (Å²) >= 11 is 0. The molecule has 0 saturated heterocycles. The van der Waals surface area contributed by atoms with Crippen LogP contribution in [0.5, 0.6) is 5.75 Å². The Labute approximate surface area is 113 Å². The van der Waals surface area contributed by atoms with Crippen molar-refractivity contribution >= 4 is 5.78 Å². The number of rotatable bonds is 7. The van der Waals surface area contributed by atoms with Gasteiger partial charge in [-0.05, 0) is 12.1 Å². The van der Waals surface area contributed by atoms with Gasteiger partial charge in [0, 0.05) is 38.7 Å². The molecule has 2 rings (SSSR count). The number of hydrogen-bond donors (Lipinski definition) is 0. The van der Waals surface area contributed by atoms with Crippen LogP contribution in [0.4, 0.5) is 0 Å². The molecule has 2 aromatic rings. The number of hydrogen-bond acceptors (Lipinski definition) is 3. The van der Waals surface area contributed by atoms with Gasteiger partial charge < -0.3 is 9.30 Å². The molecule has 0 atom stereocenters. The van der Waals surface area contributed by atoms with Crippen LogP contribution in [0.3, 0.4) is 0 Å². The maximum Gasteiger partial charge on any atom is 0.136 e. The minimum Gasteiger partial charge on any atom is -0.493 e. The number of ether oxygens (including phenoxy) is 1. The molecule has 0 aliphatic rings. The maximum absolute atomic E-state index is 11.7. The van der Waals surface area contributed by atoms with E-state index in [0.717, 1.165) is 11.6 Å². The number of ketones is 1. The third-order valence-electron chi connectivity index (χ3n) is 2.94. The minimum absolute atomic E-state index is 0.207. The van der Waals surface area contributed by atoms with Crippen LogP contribution in [0.25, 0.3) is 0 Å². The Kier molecular flexibility index (Phi) is 4.72. The van der Waals surface area contributed by atoms with Crippen molar-refractivity contribution in [1.82, 2.24) is 9.55 Å². The topological polar surface area (TPSA) is 44.1 Å². The van der Waals surface area contributed by atoms with Gasteiger partial charge in [-0.25, -0.2) is 4.98 Å². The number of Topliss-reactive ketones (excluding diaryl/α,β-unsaturated/α-hetero) is 1. The maximum atomic E-state index is 11.7. The zero-order chi connectivity index (χ0) is 13.5. The van der Waals surface area contributed by atoms with Crippen LogP contribution >= 0.6 is 0 Å². The van der Waals surface area contributed by atoms with Gasteiger partial charge in [-0.1, -0.05) is 18.2 Å². The number of carbonyl (C=O) groups is 1. The number of aryl methyl sites for hydroxylation is 2. The van der Waals surface area contributed by atoms with Crippen LogP contribution in [-0.2, 0) is 18.3 Å². The predicted molar refractivity (Wildman–Crippen MR) is 73.1 cm³/mol. The predicted octanol–water partition coefficient (Wildman–Crippen LogP) is 2.39. The third kappa shape index (κ3) is 4.25. The summed E-state index contributed by atoms with van der Waals surface area (Å²) in [6.07, 6.45) is 5.28. The third-order valence-corrected chi connectivity index (χ3v) is 2.94. The van der Waals surface area contributed by atoms with E-state index in [2.05, 4.69) is 4.98 Å². The number of para-hydroxylation sites is 1. The molecule has 1 aromatic heterocycles. The Morgan fingerprint density at radius 2 is 2.05 bits per heavy atom. The molecule has 1 heterocycles.